The van der Waals surface area contributed by atoms with Crippen LogP contribution in [0.4, 0.5) is 0 Å². The summed E-state index contributed by atoms with van der Waals surface area (Å²) in [4.78, 5) is 29.8. The zero-order valence-corrected chi connectivity index (χ0v) is 18.3. The lowest BCUT2D eigenvalue weighted by molar-refractivity contribution is 0.0497. The van der Waals surface area contributed by atoms with Crippen molar-refractivity contribution in [2.75, 3.05) is 25.4 Å². The number of halogens is 1. The van der Waals surface area contributed by atoms with Crippen molar-refractivity contribution in [2.24, 2.45) is 0 Å². The molecule has 0 aromatic heterocycles. The molecule has 2 amide bonds. The Morgan fingerprint density at radius 1 is 0.964 bits per heavy atom. The van der Waals surface area contributed by atoms with Gasteiger partial charge in [-0.3, -0.25) is 9.59 Å². The molecule has 2 heterocycles. The summed E-state index contributed by atoms with van der Waals surface area (Å²) in [6.07, 6.45) is 1.63. The van der Waals surface area contributed by atoms with Crippen LogP contribution in [-0.4, -0.2) is 51.9 Å². The van der Waals surface area contributed by atoms with E-state index in [1.807, 2.05) is 77.0 Å². The molecule has 0 N–H and O–H groups in total. The van der Waals surface area contributed by atoms with Crippen molar-refractivity contribution in [2.45, 2.75) is 24.6 Å². The molecule has 2 aromatic rings. The Bertz CT molecular complexity index is 909. The van der Waals surface area contributed by atoms with Gasteiger partial charge in [-0.2, -0.15) is 0 Å². The van der Waals surface area contributed by atoms with Gasteiger partial charge in [-0.15, -0.1) is 11.8 Å². The molecular formula is C22H23BrN2O2S. The molecule has 2 aromatic carbocycles. The molecule has 4 rings (SSSR count). The molecule has 1 spiro atoms. The molecule has 28 heavy (non-hydrogen) atoms. The van der Waals surface area contributed by atoms with E-state index in [-0.39, 0.29) is 16.7 Å². The Labute approximate surface area is 178 Å². The Hall–Kier alpha value is -1.79. The number of piperidine rings is 1. The van der Waals surface area contributed by atoms with E-state index in [4.69, 9.17) is 0 Å². The van der Waals surface area contributed by atoms with Gasteiger partial charge in [-0.1, -0.05) is 39.7 Å². The van der Waals surface area contributed by atoms with Gasteiger partial charge in [-0.25, -0.2) is 0 Å². The Kier molecular flexibility index (Phi) is 5.52. The van der Waals surface area contributed by atoms with Gasteiger partial charge in [0.1, 0.15) is 0 Å². The number of carbonyl (C=O) groups excluding carboxylic acids is 2. The summed E-state index contributed by atoms with van der Waals surface area (Å²) < 4.78 is 0.910. The van der Waals surface area contributed by atoms with Crippen molar-refractivity contribution in [3.05, 3.63) is 69.7 Å². The fourth-order valence-electron chi connectivity index (χ4n) is 4.11. The highest BCUT2D eigenvalue weighted by Crippen LogP contribution is 2.44. The van der Waals surface area contributed by atoms with E-state index in [0.717, 1.165) is 40.7 Å². The van der Waals surface area contributed by atoms with Crippen LogP contribution in [-0.2, 0) is 0 Å². The number of hydrogen-bond acceptors (Lipinski definition) is 3. The molecule has 2 aliphatic heterocycles. The number of nitrogens with zero attached hydrogens (tertiary/aromatic N) is 2. The van der Waals surface area contributed by atoms with Gasteiger partial charge in [0.2, 0.25) is 0 Å². The lowest BCUT2D eigenvalue weighted by Gasteiger charge is -2.44. The van der Waals surface area contributed by atoms with Crippen LogP contribution in [0.5, 0.6) is 0 Å². The first-order valence-electron chi connectivity index (χ1n) is 9.56. The molecule has 0 radical (unpaired) electrons. The lowest BCUT2D eigenvalue weighted by atomic mass is 9.99. The monoisotopic (exact) mass is 458 g/mol. The molecule has 6 heteroatoms. The van der Waals surface area contributed by atoms with Crippen molar-refractivity contribution in [3.8, 4) is 0 Å². The van der Waals surface area contributed by atoms with Crippen molar-refractivity contribution >= 4 is 39.5 Å². The van der Waals surface area contributed by atoms with Crippen molar-refractivity contribution < 1.29 is 9.59 Å². The summed E-state index contributed by atoms with van der Waals surface area (Å²) in [5, 5.41) is 0. The van der Waals surface area contributed by atoms with E-state index in [9.17, 15) is 9.59 Å². The van der Waals surface area contributed by atoms with Crippen molar-refractivity contribution in [1.29, 1.82) is 0 Å². The molecular weight excluding hydrogens is 436 g/mol. The third kappa shape index (κ3) is 3.72. The fourth-order valence-corrected chi connectivity index (χ4v) is 5.96. The van der Waals surface area contributed by atoms with Crippen LogP contribution in [0.25, 0.3) is 0 Å². The van der Waals surface area contributed by atoms with Crippen LogP contribution in [0.15, 0.2) is 53.0 Å². The SMILES string of the molecule is Cc1cccc(C(=O)N2CCSC23CCN(C(=O)c2cccc(Br)c2)CC3)c1. The largest absolute Gasteiger partial charge is 0.338 e. The van der Waals surface area contributed by atoms with Crippen LogP contribution < -0.4 is 0 Å². The summed E-state index contributed by atoms with van der Waals surface area (Å²) in [5.41, 5.74) is 2.56. The Morgan fingerprint density at radius 3 is 2.32 bits per heavy atom. The molecule has 2 saturated heterocycles. The molecule has 0 aliphatic carbocycles. The normalized spacial score (nSPS) is 18.5. The van der Waals surface area contributed by atoms with Crippen LogP contribution >= 0.6 is 27.7 Å². The van der Waals surface area contributed by atoms with Gasteiger partial charge in [-0.05, 0) is 50.1 Å². The molecule has 146 valence electrons. The van der Waals surface area contributed by atoms with Crippen molar-refractivity contribution in [3.63, 3.8) is 0 Å². The molecule has 0 atom stereocenters. The van der Waals surface area contributed by atoms with Gasteiger partial charge < -0.3 is 9.80 Å². The van der Waals surface area contributed by atoms with Gasteiger partial charge in [0.25, 0.3) is 11.8 Å². The summed E-state index contributed by atoms with van der Waals surface area (Å²) in [6.45, 7) is 4.14. The second-order valence-corrected chi connectivity index (χ2v) is 9.80. The van der Waals surface area contributed by atoms with Crippen LogP contribution in [0.3, 0.4) is 0 Å². The number of carbonyl (C=O) groups is 2. The number of aryl methyl sites for hydroxylation is 1. The highest BCUT2D eigenvalue weighted by atomic mass is 79.9. The van der Waals surface area contributed by atoms with Crippen LogP contribution in [0, 0.1) is 6.92 Å². The Morgan fingerprint density at radius 2 is 1.64 bits per heavy atom. The first-order chi connectivity index (χ1) is 13.5. The number of benzene rings is 2. The topological polar surface area (TPSA) is 40.6 Å². The van der Waals surface area contributed by atoms with E-state index >= 15 is 0 Å². The summed E-state index contributed by atoms with van der Waals surface area (Å²) >= 11 is 5.31. The third-order valence-corrected chi connectivity index (χ3v) is 7.64. The van der Waals surface area contributed by atoms with Crippen molar-refractivity contribution in [1.82, 2.24) is 9.80 Å². The van der Waals surface area contributed by atoms with E-state index in [0.29, 0.717) is 18.7 Å². The second kappa shape index (κ2) is 7.91. The summed E-state index contributed by atoms with van der Waals surface area (Å²) in [7, 11) is 0. The first-order valence-corrected chi connectivity index (χ1v) is 11.3. The van der Waals surface area contributed by atoms with Gasteiger partial charge >= 0.3 is 0 Å². The summed E-state index contributed by atoms with van der Waals surface area (Å²) in [6, 6.07) is 15.3. The maximum Gasteiger partial charge on any atom is 0.255 e. The van der Waals surface area contributed by atoms with E-state index in [1.165, 1.54) is 0 Å². The number of rotatable bonds is 2. The molecule has 0 saturated carbocycles. The van der Waals surface area contributed by atoms with E-state index in [1.54, 1.807) is 0 Å². The number of amides is 2. The maximum atomic E-state index is 13.2. The van der Waals surface area contributed by atoms with Crippen LogP contribution in [0.2, 0.25) is 0 Å². The molecule has 2 aliphatic rings. The minimum absolute atomic E-state index is 0.0655. The highest BCUT2D eigenvalue weighted by molar-refractivity contribution is 9.10. The lowest BCUT2D eigenvalue weighted by Crippen LogP contribution is -2.53. The predicted molar refractivity (Wildman–Crippen MR) is 117 cm³/mol. The average molecular weight is 459 g/mol. The number of thioether (sulfide) groups is 1. The first kappa shape index (κ1) is 19.5. The van der Waals surface area contributed by atoms with Crippen LogP contribution in [0.1, 0.15) is 39.1 Å². The van der Waals surface area contributed by atoms with E-state index in [2.05, 4.69) is 15.9 Å². The second-order valence-electron chi connectivity index (χ2n) is 7.42. The maximum absolute atomic E-state index is 13.2. The molecule has 2 fully saturated rings. The fraction of sp³-hybridized carbons (Fsp3) is 0.364. The zero-order valence-electron chi connectivity index (χ0n) is 15.9. The minimum Gasteiger partial charge on any atom is -0.338 e. The summed E-state index contributed by atoms with van der Waals surface area (Å²) in [5.74, 6) is 1.13. The average Bonchev–Trinajstić information content (AvgIpc) is 3.10. The highest BCUT2D eigenvalue weighted by Gasteiger charge is 2.47. The Balaban J connectivity index is 1.48. The molecule has 0 unspecified atom stereocenters. The smallest absolute Gasteiger partial charge is 0.255 e. The van der Waals surface area contributed by atoms with Gasteiger partial charge in [0.05, 0.1) is 4.87 Å². The number of likely N-dealkylation sites (tertiary alicyclic amines) is 1. The number of hydrogen-bond donors (Lipinski definition) is 0. The standard InChI is InChI=1S/C22H23BrN2O2S/c1-16-4-2-5-17(14-16)21(27)25-12-13-28-22(25)8-10-24(11-9-22)20(26)18-6-3-7-19(23)15-18/h2-7,14-15H,8-13H2,1H3. The van der Waals surface area contributed by atoms with Gasteiger partial charge in [0, 0.05) is 41.0 Å². The molecule has 4 nitrogen and oxygen atoms in total. The minimum atomic E-state index is -0.186. The van der Waals surface area contributed by atoms with E-state index < -0.39 is 0 Å². The van der Waals surface area contributed by atoms with Gasteiger partial charge in [0.15, 0.2) is 0 Å². The predicted octanol–water partition coefficient (Wildman–Crippen LogP) is 4.58. The zero-order chi connectivity index (χ0) is 19.7. The molecule has 0 bridgehead atoms. The third-order valence-electron chi connectivity index (χ3n) is 5.59. The quantitative estimate of drug-likeness (QED) is 0.660.